The lowest BCUT2D eigenvalue weighted by Gasteiger charge is -2.10. The summed E-state index contributed by atoms with van der Waals surface area (Å²) in [5, 5.41) is 4.64. The van der Waals surface area contributed by atoms with Crippen molar-refractivity contribution < 1.29 is 13.6 Å². The molecule has 5 aromatic carbocycles. The number of para-hydroxylation sites is 2. The van der Waals surface area contributed by atoms with Gasteiger partial charge in [-0.25, -0.2) is 4.98 Å². The van der Waals surface area contributed by atoms with Gasteiger partial charge in [-0.1, -0.05) is 60.1 Å². The number of benzene rings is 5. The Bertz CT molecular complexity index is 1950. The monoisotopic (exact) mass is 473 g/mol. The van der Waals surface area contributed by atoms with Crippen LogP contribution in [0.3, 0.4) is 0 Å². The molecule has 0 aliphatic rings. The van der Waals surface area contributed by atoms with Gasteiger partial charge in [0, 0.05) is 38.0 Å². The third-order valence-corrected chi connectivity index (χ3v) is 6.69. The first-order chi connectivity index (χ1) is 17.2. The average Bonchev–Trinajstić information content (AvgIpc) is 3.49. The van der Waals surface area contributed by atoms with Crippen molar-refractivity contribution in [1.29, 1.82) is 0 Å². The van der Waals surface area contributed by atoms with Gasteiger partial charge in [-0.05, 0) is 53.2 Å². The fourth-order valence-electron chi connectivity index (χ4n) is 4.84. The van der Waals surface area contributed by atoms with Crippen LogP contribution in [-0.4, -0.2) is 11.3 Å². The lowest BCUT2D eigenvalue weighted by molar-refractivity contribution is 0.112. The van der Waals surface area contributed by atoms with Crippen LogP contribution in [0.25, 0.3) is 66.4 Å². The Morgan fingerprint density at radius 1 is 0.743 bits per heavy atom. The van der Waals surface area contributed by atoms with Crippen molar-refractivity contribution in [2.75, 3.05) is 0 Å². The van der Waals surface area contributed by atoms with E-state index >= 15 is 0 Å². The predicted octanol–water partition coefficient (Wildman–Crippen LogP) is 8.68. The van der Waals surface area contributed by atoms with Crippen molar-refractivity contribution in [1.82, 2.24) is 4.98 Å². The first kappa shape index (κ1) is 20.0. The van der Waals surface area contributed by atoms with Crippen molar-refractivity contribution in [3.8, 4) is 22.6 Å². The molecule has 35 heavy (non-hydrogen) atoms. The number of nitrogens with zero attached hydrogens (tertiary/aromatic N) is 1. The topological polar surface area (TPSA) is 56.2 Å². The minimum absolute atomic E-state index is 0.491. The van der Waals surface area contributed by atoms with Crippen LogP contribution >= 0.6 is 11.6 Å². The van der Waals surface area contributed by atoms with Gasteiger partial charge >= 0.3 is 0 Å². The molecule has 4 nitrogen and oxygen atoms in total. The zero-order valence-electron chi connectivity index (χ0n) is 18.3. The van der Waals surface area contributed by atoms with E-state index < -0.39 is 0 Å². The average molecular weight is 474 g/mol. The molecule has 0 saturated heterocycles. The van der Waals surface area contributed by atoms with Gasteiger partial charge in [0.05, 0.1) is 0 Å². The molecule has 5 heteroatoms. The summed E-state index contributed by atoms with van der Waals surface area (Å²) in [7, 11) is 0. The number of oxazole rings is 1. The lowest BCUT2D eigenvalue weighted by Crippen LogP contribution is -1.90. The molecule has 0 amide bonds. The Hall–Kier alpha value is -4.41. The lowest BCUT2D eigenvalue weighted by atomic mass is 9.93. The van der Waals surface area contributed by atoms with Crippen LogP contribution in [0.15, 0.2) is 99.8 Å². The smallest absolute Gasteiger partial charge is 0.227 e. The molecular weight excluding hydrogens is 458 g/mol. The highest BCUT2D eigenvalue weighted by atomic mass is 35.5. The van der Waals surface area contributed by atoms with Crippen molar-refractivity contribution >= 4 is 61.7 Å². The first-order valence-corrected chi connectivity index (χ1v) is 11.6. The van der Waals surface area contributed by atoms with E-state index in [1.807, 2.05) is 84.9 Å². The molecule has 0 aliphatic heterocycles. The number of halogens is 1. The summed E-state index contributed by atoms with van der Waals surface area (Å²) in [6.07, 6.45) is 0.870. The number of fused-ring (bicyclic) bond motifs is 5. The fraction of sp³-hybridized carbons (Fsp3) is 0. The van der Waals surface area contributed by atoms with Gasteiger partial charge in [0.15, 0.2) is 11.9 Å². The van der Waals surface area contributed by atoms with Crippen LogP contribution in [0, 0.1) is 0 Å². The molecule has 166 valence electrons. The van der Waals surface area contributed by atoms with E-state index in [0.717, 1.165) is 55.7 Å². The zero-order valence-corrected chi connectivity index (χ0v) is 19.0. The highest BCUT2D eigenvalue weighted by Gasteiger charge is 2.18. The molecule has 0 spiro atoms. The van der Waals surface area contributed by atoms with Gasteiger partial charge in [-0.3, -0.25) is 4.79 Å². The third kappa shape index (κ3) is 3.07. The van der Waals surface area contributed by atoms with Crippen molar-refractivity contribution in [2.24, 2.45) is 0 Å². The summed E-state index contributed by atoms with van der Waals surface area (Å²) in [6.45, 7) is 0. The van der Waals surface area contributed by atoms with E-state index in [0.29, 0.717) is 27.6 Å². The Balaban J connectivity index is 1.45. The number of hydrogen-bond acceptors (Lipinski definition) is 4. The van der Waals surface area contributed by atoms with Crippen LogP contribution in [0.5, 0.6) is 0 Å². The van der Waals surface area contributed by atoms with Crippen LogP contribution in [0.2, 0.25) is 5.02 Å². The Labute approximate surface area is 204 Å². The van der Waals surface area contributed by atoms with E-state index in [1.165, 1.54) is 0 Å². The van der Waals surface area contributed by atoms with Crippen molar-refractivity contribution in [2.45, 2.75) is 0 Å². The second-order valence-electron chi connectivity index (χ2n) is 8.50. The van der Waals surface area contributed by atoms with E-state index in [1.54, 1.807) is 0 Å². The van der Waals surface area contributed by atoms with Gasteiger partial charge in [0.25, 0.3) is 0 Å². The number of carbonyl (C=O) groups excluding carboxylic acids is 1. The van der Waals surface area contributed by atoms with Gasteiger partial charge < -0.3 is 8.83 Å². The standard InChI is InChI=1S/C30H16ClNO3/c31-20-11-13-21-17(14-20)8-9-19(16-33)28(21)24-5-3-6-25-29(24)35-30(32-25)18-10-12-23-22-4-1-2-7-26(22)34-27(23)15-18/h1-16H. The number of furan rings is 1. The summed E-state index contributed by atoms with van der Waals surface area (Å²) in [5.74, 6) is 0.491. The van der Waals surface area contributed by atoms with Crippen LogP contribution < -0.4 is 0 Å². The SMILES string of the molecule is O=Cc1ccc2cc(Cl)ccc2c1-c1cccc2nc(-c3ccc4c(c3)oc3ccccc34)oc12. The summed E-state index contributed by atoms with van der Waals surface area (Å²) >= 11 is 6.22. The van der Waals surface area contributed by atoms with Crippen molar-refractivity contribution in [3.63, 3.8) is 0 Å². The molecule has 0 N–H and O–H groups in total. The largest absolute Gasteiger partial charge is 0.456 e. The van der Waals surface area contributed by atoms with E-state index in [4.69, 9.17) is 25.4 Å². The van der Waals surface area contributed by atoms with E-state index in [9.17, 15) is 4.79 Å². The summed E-state index contributed by atoms with van der Waals surface area (Å²) in [6, 6.07) is 29.1. The summed E-state index contributed by atoms with van der Waals surface area (Å²) in [5.41, 5.74) is 5.96. The molecular formula is C30H16ClNO3. The number of hydrogen-bond donors (Lipinski definition) is 0. The molecule has 0 aliphatic carbocycles. The molecule has 2 heterocycles. The maximum Gasteiger partial charge on any atom is 0.227 e. The van der Waals surface area contributed by atoms with E-state index in [-0.39, 0.29) is 0 Å². The Morgan fingerprint density at radius 3 is 2.51 bits per heavy atom. The maximum atomic E-state index is 12.0. The minimum atomic E-state index is 0.491. The van der Waals surface area contributed by atoms with E-state index in [2.05, 4.69) is 6.07 Å². The molecule has 2 aromatic heterocycles. The molecule has 0 bridgehead atoms. The normalized spacial score (nSPS) is 11.7. The molecule has 0 saturated carbocycles. The summed E-state index contributed by atoms with van der Waals surface area (Å²) in [4.78, 5) is 16.8. The highest BCUT2D eigenvalue weighted by Crippen LogP contribution is 2.39. The molecule has 7 rings (SSSR count). The number of aromatic nitrogens is 1. The maximum absolute atomic E-state index is 12.0. The molecule has 0 fully saturated rings. The molecule has 0 radical (unpaired) electrons. The Kier molecular flexibility index (Phi) is 4.32. The second-order valence-corrected chi connectivity index (χ2v) is 8.93. The number of carbonyl (C=O) groups is 1. The number of rotatable bonds is 3. The third-order valence-electron chi connectivity index (χ3n) is 6.45. The van der Waals surface area contributed by atoms with Crippen LogP contribution in [0.1, 0.15) is 10.4 Å². The summed E-state index contributed by atoms with van der Waals surface area (Å²) < 4.78 is 12.4. The van der Waals surface area contributed by atoms with Gasteiger partial charge in [0.2, 0.25) is 5.89 Å². The predicted molar refractivity (Wildman–Crippen MR) is 140 cm³/mol. The van der Waals surface area contributed by atoms with Crippen molar-refractivity contribution in [3.05, 3.63) is 102 Å². The van der Waals surface area contributed by atoms with Gasteiger partial charge in [-0.15, -0.1) is 0 Å². The zero-order chi connectivity index (χ0) is 23.5. The van der Waals surface area contributed by atoms with Crippen LogP contribution in [0.4, 0.5) is 0 Å². The highest BCUT2D eigenvalue weighted by molar-refractivity contribution is 6.31. The molecule has 0 unspecified atom stereocenters. The second kappa shape index (κ2) is 7.55. The molecule has 7 aromatic rings. The number of aldehydes is 1. The Morgan fingerprint density at radius 2 is 1.60 bits per heavy atom. The fourth-order valence-corrected chi connectivity index (χ4v) is 5.03. The van der Waals surface area contributed by atoms with Gasteiger partial charge in [0.1, 0.15) is 16.7 Å². The first-order valence-electron chi connectivity index (χ1n) is 11.2. The quantitative estimate of drug-likeness (QED) is 0.241. The molecule has 0 atom stereocenters. The minimum Gasteiger partial charge on any atom is -0.456 e. The van der Waals surface area contributed by atoms with Crippen LogP contribution in [-0.2, 0) is 0 Å². The van der Waals surface area contributed by atoms with Gasteiger partial charge in [-0.2, -0.15) is 0 Å².